The largest absolute Gasteiger partial charge is 0.481 e. The van der Waals surface area contributed by atoms with Gasteiger partial charge in [0.05, 0.1) is 18.7 Å². The summed E-state index contributed by atoms with van der Waals surface area (Å²) in [5.41, 5.74) is 1.51. The third kappa shape index (κ3) is 4.94. The molecule has 5 nitrogen and oxygen atoms in total. The fourth-order valence-electron chi connectivity index (χ4n) is 2.77. The van der Waals surface area contributed by atoms with E-state index in [0.29, 0.717) is 23.0 Å². The minimum atomic E-state index is -0.167. The van der Waals surface area contributed by atoms with Crippen LogP contribution >= 0.6 is 11.6 Å². The van der Waals surface area contributed by atoms with Crippen molar-refractivity contribution in [3.05, 3.63) is 58.7 Å². The minimum Gasteiger partial charge on any atom is -0.481 e. The molecule has 1 unspecified atom stereocenters. The van der Waals surface area contributed by atoms with E-state index < -0.39 is 0 Å². The summed E-state index contributed by atoms with van der Waals surface area (Å²) in [7, 11) is 1.54. The zero-order chi connectivity index (χ0) is 18.2. The van der Waals surface area contributed by atoms with Crippen LogP contribution in [0.4, 0.5) is 0 Å². The zero-order valence-electron chi connectivity index (χ0n) is 14.8. The molecule has 134 valence electrons. The number of benzene rings is 1. The van der Waals surface area contributed by atoms with Crippen LogP contribution < -0.4 is 10.1 Å². The first kappa shape index (κ1) is 19.2. The van der Waals surface area contributed by atoms with E-state index in [-0.39, 0.29) is 11.9 Å². The van der Waals surface area contributed by atoms with Crippen molar-refractivity contribution < 1.29 is 9.53 Å². The monoisotopic (exact) mass is 361 g/mol. The predicted molar refractivity (Wildman–Crippen MR) is 100 cm³/mol. The number of aromatic nitrogens is 1. The van der Waals surface area contributed by atoms with Gasteiger partial charge in [-0.25, -0.2) is 4.98 Å². The van der Waals surface area contributed by atoms with Gasteiger partial charge >= 0.3 is 0 Å². The van der Waals surface area contributed by atoms with Gasteiger partial charge in [-0.2, -0.15) is 0 Å². The third-order valence-electron chi connectivity index (χ3n) is 4.18. The number of methoxy groups -OCH3 is 1. The molecule has 1 atom stereocenters. The molecule has 0 spiro atoms. The van der Waals surface area contributed by atoms with Crippen molar-refractivity contribution in [3.63, 3.8) is 0 Å². The van der Waals surface area contributed by atoms with Gasteiger partial charge in [0.2, 0.25) is 5.88 Å². The molecule has 0 bridgehead atoms. The number of likely N-dealkylation sites (N-methyl/N-ethyl adjacent to an activating group) is 1. The highest BCUT2D eigenvalue weighted by molar-refractivity contribution is 6.31. The summed E-state index contributed by atoms with van der Waals surface area (Å²) >= 11 is 6.38. The van der Waals surface area contributed by atoms with Crippen LogP contribution in [0.5, 0.6) is 5.88 Å². The average Bonchev–Trinajstić information content (AvgIpc) is 2.65. The van der Waals surface area contributed by atoms with Crippen molar-refractivity contribution in [2.24, 2.45) is 0 Å². The molecule has 0 radical (unpaired) electrons. The fourth-order valence-corrected chi connectivity index (χ4v) is 3.03. The van der Waals surface area contributed by atoms with Crippen LogP contribution in [0.25, 0.3) is 0 Å². The third-order valence-corrected chi connectivity index (χ3v) is 4.53. The summed E-state index contributed by atoms with van der Waals surface area (Å²) in [4.78, 5) is 18.8. The molecule has 2 aromatic rings. The van der Waals surface area contributed by atoms with Crippen molar-refractivity contribution in [2.75, 3.05) is 26.7 Å². The molecule has 1 heterocycles. The van der Waals surface area contributed by atoms with Crippen LogP contribution in [0.2, 0.25) is 5.02 Å². The van der Waals surface area contributed by atoms with Crippen molar-refractivity contribution in [2.45, 2.75) is 19.9 Å². The normalized spacial score (nSPS) is 12.0. The van der Waals surface area contributed by atoms with Crippen molar-refractivity contribution >= 4 is 17.5 Å². The van der Waals surface area contributed by atoms with Crippen LogP contribution in [0.15, 0.2) is 42.6 Å². The Morgan fingerprint density at radius 1 is 1.24 bits per heavy atom. The highest BCUT2D eigenvalue weighted by Crippen LogP contribution is 2.27. The van der Waals surface area contributed by atoms with Gasteiger partial charge in [0.25, 0.3) is 5.91 Å². The molecule has 2 rings (SSSR count). The average molecular weight is 362 g/mol. The number of hydrogen-bond donors (Lipinski definition) is 1. The summed E-state index contributed by atoms with van der Waals surface area (Å²) in [6.45, 7) is 6.40. The first-order valence-electron chi connectivity index (χ1n) is 8.37. The van der Waals surface area contributed by atoms with Gasteiger partial charge in [0, 0.05) is 23.8 Å². The number of carbonyl (C=O) groups excluding carboxylic acids is 1. The molecule has 25 heavy (non-hydrogen) atoms. The topological polar surface area (TPSA) is 54.5 Å². The Hall–Kier alpha value is -2.11. The lowest BCUT2D eigenvalue weighted by Gasteiger charge is -2.30. The smallest absolute Gasteiger partial charge is 0.252 e. The molecule has 1 aromatic heterocycles. The summed E-state index contributed by atoms with van der Waals surface area (Å²) in [5, 5.41) is 3.70. The first-order valence-corrected chi connectivity index (χ1v) is 8.75. The second-order valence-corrected chi connectivity index (χ2v) is 5.96. The van der Waals surface area contributed by atoms with E-state index in [1.165, 1.54) is 6.20 Å². The van der Waals surface area contributed by atoms with Crippen LogP contribution in [-0.2, 0) is 0 Å². The number of rotatable bonds is 8. The van der Waals surface area contributed by atoms with Gasteiger partial charge in [-0.15, -0.1) is 0 Å². The van der Waals surface area contributed by atoms with Crippen LogP contribution in [0.1, 0.15) is 35.8 Å². The van der Waals surface area contributed by atoms with E-state index >= 15 is 0 Å². The van der Waals surface area contributed by atoms with Crippen LogP contribution in [-0.4, -0.2) is 42.5 Å². The Balaban J connectivity index is 2.13. The lowest BCUT2D eigenvalue weighted by Crippen LogP contribution is -2.38. The zero-order valence-corrected chi connectivity index (χ0v) is 15.6. The quantitative estimate of drug-likeness (QED) is 0.781. The summed E-state index contributed by atoms with van der Waals surface area (Å²) in [6.07, 6.45) is 1.51. The van der Waals surface area contributed by atoms with Crippen molar-refractivity contribution in [1.29, 1.82) is 0 Å². The van der Waals surface area contributed by atoms with Crippen LogP contribution in [0.3, 0.4) is 0 Å². The van der Waals surface area contributed by atoms with E-state index in [1.54, 1.807) is 19.2 Å². The predicted octanol–water partition coefficient (Wildman–Crippen LogP) is 3.56. The maximum Gasteiger partial charge on any atom is 0.252 e. The lowest BCUT2D eigenvalue weighted by molar-refractivity contribution is 0.0934. The Bertz CT molecular complexity index is 687. The Morgan fingerprint density at radius 3 is 2.52 bits per heavy atom. The van der Waals surface area contributed by atoms with Gasteiger partial charge in [-0.1, -0.05) is 43.6 Å². The van der Waals surface area contributed by atoms with Gasteiger partial charge in [0.1, 0.15) is 0 Å². The van der Waals surface area contributed by atoms with Gasteiger partial charge in [-0.3, -0.25) is 9.69 Å². The maximum atomic E-state index is 12.4. The number of ether oxygens (including phenoxy) is 1. The van der Waals surface area contributed by atoms with E-state index in [4.69, 9.17) is 16.3 Å². The summed E-state index contributed by atoms with van der Waals surface area (Å²) in [6, 6.07) is 11.1. The minimum absolute atomic E-state index is 0.0128. The molecule has 1 N–H and O–H groups in total. The molecule has 6 heteroatoms. The number of halogens is 1. The lowest BCUT2D eigenvalue weighted by atomic mass is 10.0. The van der Waals surface area contributed by atoms with E-state index in [2.05, 4.69) is 29.0 Å². The number of pyridine rings is 1. The fraction of sp³-hybridized carbons (Fsp3) is 0.368. The molecular weight excluding hydrogens is 338 g/mol. The van der Waals surface area contributed by atoms with Crippen LogP contribution in [0, 0.1) is 0 Å². The van der Waals surface area contributed by atoms with E-state index in [0.717, 1.165) is 18.7 Å². The maximum absolute atomic E-state index is 12.4. The highest BCUT2D eigenvalue weighted by Gasteiger charge is 2.21. The number of hydrogen-bond acceptors (Lipinski definition) is 4. The number of nitrogens with zero attached hydrogens (tertiary/aromatic N) is 2. The second kappa shape index (κ2) is 9.39. The standard InChI is InChI=1S/C19H24ClN3O2/c1-4-23(5-2)17(15-8-6-7-9-16(15)20)13-22-19(24)14-10-11-18(25-3)21-12-14/h6-12,17H,4-5,13H2,1-3H3,(H,22,24). The SMILES string of the molecule is CCN(CC)C(CNC(=O)c1ccc(OC)nc1)c1ccccc1Cl. The molecule has 0 fully saturated rings. The van der Waals surface area contributed by atoms with Gasteiger partial charge in [0.15, 0.2) is 0 Å². The molecular formula is C19H24ClN3O2. The van der Waals surface area contributed by atoms with Crippen molar-refractivity contribution in [3.8, 4) is 5.88 Å². The highest BCUT2D eigenvalue weighted by atomic mass is 35.5. The molecule has 0 saturated carbocycles. The Labute approximate surface area is 154 Å². The molecule has 0 saturated heterocycles. The molecule has 1 aromatic carbocycles. The molecule has 0 aliphatic rings. The number of amides is 1. The summed E-state index contributed by atoms with van der Waals surface area (Å²) < 4.78 is 5.01. The molecule has 1 amide bonds. The van der Waals surface area contributed by atoms with Gasteiger partial charge in [-0.05, 0) is 30.8 Å². The number of carbonyl (C=O) groups is 1. The van der Waals surface area contributed by atoms with Gasteiger partial charge < -0.3 is 10.1 Å². The van der Waals surface area contributed by atoms with Crippen molar-refractivity contribution in [1.82, 2.24) is 15.2 Å². The Kier molecular flexibility index (Phi) is 7.22. The summed E-state index contributed by atoms with van der Waals surface area (Å²) in [5.74, 6) is 0.313. The first-order chi connectivity index (χ1) is 12.1. The molecule has 0 aliphatic carbocycles. The van der Waals surface area contributed by atoms with E-state index in [9.17, 15) is 4.79 Å². The Morgan fingerprint density at radius 2 is 1.96 bits per heavy atom. The van der Waals surface area contributed by atoms with E-state index in [1.807, 2.05) is 24.3 Å². The molecule has 0 aliphatic heterocycles. The second-order valence-electron chi connectivity index (χ2n) is 5.56. The number of nitrogens with one attached hydrogen (secondary N) is 1.